The maximum atomic E-state index is 13.8. The lowest BCUT2D eigenvalue weighted by atomic mass is 9.70. The van der Waals surface area contributed by atoms with Gasteiger partial charge in [0.05, 0.1) is 16.1 Å². The zero-order valence-electron chi connectivity index (χ0n) is 22.2. The first-order chi connectivity index (χ1) is 15.0. The lowest BCUT2D eigenvalue weighted by Gasteiger charge is -2.68. The Morgan fingerprint density at radius 3 is 1.56 bits per heavy atom. The van der Waals surface area contributed by atoms with Crippen molar-refractivity contribution in [2.24, 2.45) is 0 Å². The molecule has 1 aliphatic carbocycles. The maximum Gasteiger partial charge on any atom is 0.199 e. The third-order valence-corrected chi connectivity index (χ3v) is 22.3. The summed E-state index contributed by atoms with van der Waals surface area (Å²) in [4.78, 5) is 13.8. The summed E-state index contributed by atoms with van der Waals surface area (Å²) in [6, 6.07) is 7.71. The maximum absolute atomic E-state index is 13.8. The zero-order valence-corrected chi connectivity index (χ0v) is 24.2. The first-order valence-electron chi connectivity index (χ1n) is 11.8. The topological polar surface area (TPSA) is 138 Å². The van der Waals surface area contributed by atoms with Gasteiger partial charge in [0.1, 0.15) is 28.8 Å². The van der Waals surface area contributed by atoms with Gasteiger partial charge in [-0.2, -0.15) is 0 Å². The Bertz CT molecular complexity index is 921. The first kappa shape index (κ1) is 29.3. The molecule has 0 aliphatic heterocycles. The van der Waals surface area contributed by atoms with Gasteiger partial charge < -0.3 is 30.6 Å². The van der Waals surface area contributed by atoms with Crippen LogP contribution < -0.4 is 0 Å². The molecule has 6 N–H and O–H groups in total. The highest BCUT2D eigenvalue weighted by molar-refractivity contribution is 6.85. The third-order valence-electron chi connectivity index (χ3n) is 9.66. The summed E-state index contributed by atoms with van der Waals surface area (Å²) in [5.74, 6) is -1.01. The van der Waals surface area contributed by atoms with Crippen LogP contribution in [0, 0.1) is 0 Å². The molecule has 1 aliphatic rings. The second-order valence-electron chi connectivity index (χ2n) is 13.1. The van der Waals surface area contributed by atoms with Gasteiger partial charge in [-0.15, -0.1) is 0 Å². The summed E-state index contributed by atoms with van der Waals surface area (Å²) < 4.78 is 0. The molecular weight excluding hydrogens is 468 g/mol. The van der Waals surface area contributed by atoms with Crippen molar-refractivity contribution in [3.63, 3.8) is 0 Å². The molecule has 9 heteroatoms. The summed E-state index contributed by atoms with van der Waals surface area (Å²) in [6.45, 7) is 18.1. The van der Waals surface area contributed by atoms with Crippen molar-refractivity contribution in [3.05, 3.63) is 35.9 Å². The standard InChI is InChI=1S/C25H44O7Si2/c1-21(2,3)33(7,8)24(31)19(28)18(27)23(30,17(26)16-14-12-11-13-15-16)25(32,20(24)29)34(9,10)22(4,5)6/h11-15,18-20,27-32H,1-10H3/t18-,19-,20-,23+,24-,25+/m1/s1. The molecule has 7 nitrogen and oxygen atoms in total. The van der Waals surface area contributed by atoms with Gasteiger partial charge in [-0.3, -0.25) is 4.79 Å². The van der Waals surface area contributed by atoms with Crippen LogP contribution in [0.4, 0.5) is 0 Å². The van der Waals surface area contributed by atoms with Crippen molar-refractivity contribution in [3.8, 4) is 0 Å². The quantitative estimate of drug-likeness (QED) is 0.269. The Labute approximate surface area is 205 Å². The highest BCUT2D eigenvalue weighted by Gasteiger charge is 2.82. The number of hydrogen-bond donors (Lipinski definition) is 6. The second-order valence-corrected chi connectivity index (χ2v) is 24.2. The Hall–Kier alpha value is -0.916. The highest BCUT2D eigenvalue weighted by Crippen LogP contribution is 2.59. The minimum Gasteiger partial charge on any atom is -0.388 e. The van der Waals surface area contributed by atoms with Crippen LogP contribution >= 0.6 is 0 Å². The van der Waals surface area contributed by atoms with Gasteiger partial charge >= 0.3 is 0 Å². The molecule has 0 bridgehead atoms. The highest BCUT2D eigenvalue weighted by atomic mass is 28.3. The number of Topliss-reactive ketones (excluding diaryl/α,β-unsaturated/α-hetero) is 1. The largest absolute Gasteiger partial charge is 0.388 e. The molecule has 0 amide bonds. The Morgan fingerprint density at radius 1 is 0.765 bits per heavy atom. The number of aliphatic hydroxyl groups is 6. The summed E-state index contributed by atoms with van der Waals surface area (Å²) in [5, 5.41) is 65.3. The molecule has 1 fully saturated rings. The van der Waals surface area contributed by atoms with E-state index in [1.807, 2.05) is 41.5 Å². The van der Waals surface area contributed by atoms with E-state index in [0.717, 1.165) is 0 Å². The molecule has 1 aromatic rings. The van der Waals surface area contributed by atoms with Crippen molar-refractivity contribution >= 4 is 21.9 Å². The molecule has 0 radical (unpaired) electrons. The predicted octanol–water partition coefficient (Wildman–Crippen LogP) is 2.25. The van der Waals surface area contributed by atoms with Crippen molar-refractivity contribution < 1.29 is 35.4 Å². The van der Waals surface area contributed by atoms with Crippen LogP contribution in [0.2, 0.25) is 36.3 Å². The van der Waals surface area contributed by atoms with Crippen LogP contribution in [0.15, 0.2) is 30.3 Å². The average Bonchev–Trinajstić information content (AvgIpc) is 2.73. The predicted molar refractivity (Wildman–Crippen MR) is 138 cm³/mol. The van der Waals surface area contributed by atoms with Gasteiger partial charge in [-0.1, -0.05) is 98.1 Å². The molecule has 194 valence electrons. The molecule has 6 atom stereocenters. The summed E-state index contributed by atoms with van der Waals surface area (Å²) in [7, 11) is -6.56. The normalized spacial score (nSPS) is 35.8. The molecular formula is C25H44O7Si2. The van der Waals surface area contributed by atoms with Crippen LogP contribution in [0.1, 0.15) is 51.9 Å². The van der Waals surface area contributed by atoms with Gasteiger partial charge in [0.25, 0.3) is 0 Å². The molecule has 1 aromatic carbocycles. The van der Waals surface area contributed by atoms with Crippen LogP contribution in [-0.4, -0.2) is 86.9 Å². The van der Waals surface area contributed by atoms with Gasteiger partial charge in [-0.25, -0.2) is 0 Å². The van der Waals surface area contributed by atoms with Crippen LogP contribution in [0.3, 0.4) is 0 Å². The van der Waals surface area contributed by atoms with Gasteiger partial charge in [0, 0.05) is 5.56 Å². The lowest BCUT2D eigenvalue weighted by Crippen LogP contribution is -2.93. The number of ketones is 1. The van der Waals surface area contributed by atoms with Crippen molar-refractivity contribution in [1.29, 1.82) is 0 Å². The second kappa shape index (κ2) is 8.31. The number of hydrogen-bond acceptors (Lipinski definition) is 7. The van der Waals surface area contributed by atoms with Crippen molar-refractivity contribution in [2.45, 2.75) is 112 Å². The summed E-state index contributed by atoms with van der Waals surface area (Å²) in [6.07, 6.45) is -6.43. The Kier molecular flexibility index (Phi) is 7.16. The molecule has 0 saturated heterocycles. The van der Waals surface area contributed by atoms with Crippen LogP contribution in [0.5, 0.6) is 0 Å². The number of carbonyl (C=O) groups is 1. The van der Waals surface area contributed by atoms with E-state index in [1.165, 1.54) is 12.1 Å². The fraction of sp³-hybridized carbons (Fsp3) is 0.720. The van der Waals surface area contributed by atoms with E-state index in [9.17, 15) is 35.4 Å². The Balaban J connectivity index is 3.02. The zero-order chi connectivity index (χ0) is 26.9. The van der Waals surface area contributed by atoms with E-state index < -0.39 is 66.4 Å². The minimum atomic E-state index is -3.39. The summed E-state index contributed by atoms with van der Waals surface area (Å²) in [5.41, 5.74) is -2.96. The first-order valence-corrected chi connectivity index (χ1v) is 17.8. The van der Waals surface area contributed by atoms with E-state index >= 15 is 0 Å². The molecule has 1 saturated carbocycles. The Morgan fingerprint density at radius 2 is 1.18 bits per heavy atom. The number of rotatable bonds is 4. The van der Waals surface area contributed by atoms with E-state index in [0.29, 0.717) is 0 Å². The fourth-order valence-electron chi connectivity index (χ4n) is 5.20. The molecule has 0 heterocycles. The molecule has 0 unspecified atom stereocenters. The SMILES string of the molecule is CC(C)(C)[Si](C)(C)[C@]1(O)[C@H](O)[C@@H](O)[C@@](O)(C(=O)c2ccccc2)[C@@](O)([Si](C)(C)C(C)(C)C)[C@@H]1O. The number of carbonyl (C=O) groups excluding carboxylic acids is 1. The van der Waals surface area contributed by atoms with E-state index in [2.05, 4.69) is 0 Å². The fourth-order valence-corrected chi connectivity index (χ4v) is 11.6. The van der Waals surface area contributed by atoms with Crippen LogP contribution in [0.25, 0.3) is 0 Å². The third kappa shape index (κ3) is 3.47. The van der Waals surface area contributed by atoms with E-state index in [4.69, 9.17) is 0 Å². The van der Waals surface area contributed by atoms with Gasteiger partial charge in [0.15, 0.2) is 11.4 Å². The molecule has 2 rings (SSSR count). The van der Waals surface area contributed by atoms with Gasteiger partial charge in [0.2, 0.25) is 0 Å². The van der Waals surface area contributed by atoms with Crippen LogP contribution in [-0.2, 0) is 0 Å². The van der Waals surface area contributed by atoms with Crippen molar-refractivity contribution in [2.75, 3.05) is 0 Å². The monoisotopic (exact) mass is 512 g/mol. The number of benzene rings is 1. The average molecular weight is 513 g/mol. The molecule has 34 heavy (non-hydrogen) atoms. The van der Waals surface area contributed by atoms with E-state index in [1.54, 1.807) is 44.4 Å². The smallest absolute Gasteiger partial charge is 0.199 e. The number of aliphatic hydroxyl groups excluding tert-OH is 3. The van der Waals surface area contributed by atoms with Gasteiger partial charge in [-0.05, 0) is 10.1 Å². The molecule has 0 spiro atoms. The van der Waals surface area contributed by atoms with E-state index in [-0.39, 0.29) is 5.56 Å². The van der Waals surface area contributed by atoms with Crippen molar-refractivity contribution in [1.82, 2.24) is 0 Å². The lowest BCUT2D eigenvalue weighted by molar-refractivity contribution is -0.285. The minimum absolute atomic E-state index is 0.0124. The summed E-state index contributed by atoms with van der Waals surface area (Å²) >= 11 is 0. The molecule has 0 aromatic heterocycles.